The van der Waals surface area contributed by atoms with E-state index in [1.165, 1.54) is 22.7 Å². The minimum Gasteiger partial charge on any atom is -0.319 e. The maximum Gasteiger partial charge on any atom is 0.325 e. The van der Waals surface area contributed by atoms with Gasteiger partial charge < -0.3 is 10.6 Å². The summed E-state index contributed by atoms with van der Waals surface area (Å²) in [6.45, 7) is -0.367. The number of urea groups is 1. The number of imide groups is 1. The van der Waals surface area contributed by atoms with Gasteiger partial charge in [-0.25, -0.2) is 9.78 Å². The second-order valence-electron chi connectivity index (χ2n) is 7.07. The number of rotatable bonds is 4. The van der Waals surface area contributed by atoms with Crippen molar-refractivity contribution in [3.8, 4) is 10.6 Å². The third kappa shape index (κ3) is 3.10. The van der Waals surface area contributed by atoms with E-state index in [4.69, 9.17) is 11.6 Å². The van der Waals surface area contributed by atoms with E-state index < -0.39 is 17.5 Å². The first kappa shape index (κ1) is 19.2. The number of carbonyl (C=O) groups is 3. The monoisotopic (exact) mass is 458 g/mol. The van der Waals surface area contributed by atoms with Gasteiger partial charge in [-0.3, -0.25) is 14.5 Å². The van der Waals surface area contributed by atoms with Crippen LogP contribution < -0.4 is 10.6 Å². The molecule has 5 rings (SSSR count). The number of aryl methyl sites for hydroxylation is 1. The molecule has 1 saturated heterocycles. The van der Waals surface area contributed by atoms with E-state index in [9.17, 15) is 14.4 Å². The molecule has 1 aliphatic heterocycles. The average Bonchev–Trinajstić information content (AvgIpc) is 3.48. The van der Waals surface area contributed by atoms with Gasteiger partial charge in [0.25, 0.3) is 5.91 Å². The molecule has 1 aromatic carbocycles. The number of amides is 4. The fourth-order valence-electron chi connectivity index (χ4n) is 3.93. The molecular formula is C20H15ClN4O3S2. The minimum absolute atomic E-state index is 0.367. The van der Waals surface area contributed by atoms with Crippen molar-refractivity contribution in [2.75, 3.05) is 11.9 Å². The standard InChI is InChI=1S/C20H15ClN4O3S2/c21-15-6-5-14(30-15)13-10-29-18(22-13)23-16(26)9-25-17(27)20(24-19(25)28)8-7-11-3-1-2-4-12(11)20/h1-6,10H,7-9H2,(H,24,28)(H,22,23,26)/t20-/m1/s1. The predicted octanol–water partition coefficient (Wildman–Crippen LogP) is 3.86. The van der Waals surface area contributed by atoms with Crippen LogP contribution in [-0.4, -0.2) is 34.3 Å². The number of nitrogens with zero attached hydrogens (tertiary/aromatic N) is 2. The number of carbonyl (C=O) groups excluding carboxylic acids is 3. The number of nitrogens with one attached hydrogen (secondary N) is 2. The Morgan fingerprint density at radius 3 is 2.90 bits per heavy atom. The maximum atomic E-state index is 13.1. The fourth-order valence-corrected chi connectivity index (χ4v) is 5.74. The molecule has 152 valence electrons. The first-order valence-electron chi connectivity index (χ1n) is 9.20. The number of fused-ring (bicyclic) bond motifs is 2. The highest BCUT2D eigenvalue weighted by Crippen LogP contribution is 2.41. The Morgan fingerprint density at radius 2 is 2.10 bits per heavy atom. The molecule has 30 heavy (non-hydrogen) atoms. The fraction of sp³-hybridized carbons (Fsp3) is 0.200. The molecule has 0 bridgehead atoms. The Morgan fingerprint density at radius 1 is 1.27 bits per heavy atom. The molecule has 1 spiro atoms. The van der Waals surface area contributed by atoms with Gasteiger partial charge in [0.2, 0.25) is 5.91 Å². The molecule has 3 heterocycles. The van der Waals surface area contributed by atoms with Crippen LogP contribution in [0.15, 0.2) is 41.8 Å². The molecule has 1 atom stereocenters. The van der Waals surface area contributed by atoms with Crippen LogP contribution in [0.5, 0.6) is 0 Å². The van der Waals surface area contributed by atoms with E-state index in [1.807, 2.05) is 35.7 Å². The molecule has 0 saturated carbocycles. The summed E-state index contributed by atoms with van der Waals surface area (Å²) in [6, 6.07) is 10.7. The van der Waals surface area contributed by atoms with Gasteiger partial charge in [-0.15, -0.1) is 22.7 Å². The summed E-state index contributed by atoms with van der Waals surface area (Å²) in [4.78, 5) is 44.4. The van der Waals surface area contributed by atoms with Gasteiger partial charge in [-0.05, 0) is 36.1 Å². The molecule has 4 amide bonds. The lowest BCUT2D eigenvalue weighted by atomic mass is 9.92. The van der Waals surface area contributed by atoms with Crippen LogP contribution in [0.3, 0.4) is 0 Å². The van der Waals surface area contributed by atoms with Crippen molar-refractivity contribution >= 4 is 57.3 Å². The summed E-state index contributed by atoms with van der Waals surface area (Å²) >= 11 is 8.62. The van der Waals surface area contributed by atoms with E-state index in [0.717, 1.165) is 20.9 Å². The molecule has 2 aliphatic rings. The van der Waals surface area contributed by atoms with Crippen molar-refractivity contribution < 1.29 is 14.4 Å². The molecule has 7 nitrogen and oxygen atoms in total. The third-order valence-corrected chi connectivity index (χ3v) is 7.31. The largest absolute Gasteiger partial charge is 0.325 e. The van der Waals surface area contributed by atoms with Crippen LogP contribution in [0.25, 0.3) is 10.6 Å². The highest BCUT2D eigenvalue weighted by molar-refractivity contribution is 7.20. The molecule has 0 unspecified atom stereocenters. The van der Waals surface area contributed by atoms with E-state index in [2.05, 4.69) is 15.6 Å². The first-order valence-corrected chi connectivity index (χ1v) is 11.3. The van der Waals surface area contributed by atoms with Gasteiger partial charge >= 0.3 is 6.03 Å². The smallest absolute Gasteiger partial charge is 0.319 e. The predicted molar refractivity (Wildman–Crippen MR) is 116 cm³/mol. The lowest BCUT2D eigenvalue weighted by Crippen LogP contribution is -2.42. The van der Waals surface area contributed by atoms with Gasteiger partial charge in [0, 0.05) is 5.38 Å². The zero-order chi connectivity index (χ0) is 20.9. The van der Waals surface area contributed by atoms with Gasteiger partial charge in [0.1, 0.15) is 12.1 Å². The van der Waals surface area contributed by atoms with Crippen molar-refractivity contribution in [2.24, 2.45) is 0 Å². The maximum absolute atomic E-state index is 13.1. The Balaban J connectivity index is 1.30. The van der Waals surface area contributed by atoms with E-state index >= 15 is 0 Å². The average molecular weight is 459 g/mol. The van der Waals surface area contributed by atoms with E-state index in [0.29, 0.717) is 28.0 Å². The number of thiazole rings is 1. The van der Waals surface area contributed by atoms with Crippen LogP contribution in [-0.2, 0) is 21.5 Å². The van der Waals surface area contributed by atoms with E-state index in [1.54, 1.807) is 6.07 Å². The highest BCUT2D eigenvalue weighted by Gasteiger charge is 2.55. The number of halogens is 1. The van der Waals surface area contributed by atoms with Gasteiger partial charge in [-0.2, -0.15) is 0 Å². The molecule has 1 fully saturated rings. The van der Waals surface area contributed by atoms with Crippen LogP contribution >= 0.6 is 34.3 Å². The summed E-state index contributed by atoms with van der Waals surface area (Å²) < 4.78 is 0.657. The molecule has 1 aliphatic carbocycles. The van der Waals surface area contributed by atoms with Crippen molar-refractivity contribution in [1.29, 1.82) is 0 Å². The molecule has 2 N–H and O–H groups in total. The van der Waals surface area contributed by atoms with Gasteiger partial charge in [0.15, 0.2) is 5.13 Å². The second kappa shape index (κ2) is 7.19. The van der Waals surface area contributed by atoms with E-state index in [-0.39, 0.29) is 12.5 Å². The number of hydrogen-bond acceptors (Lipinski definition) is 6. The number of anilines is 1. The number of aromatic nitrogens is 1. The Bertz CT molecular complexity index is 1190. The van der Waals surface area contributed by atoms with Crippen molar-refractivity contribution in [3.05, 3.63) is 57.2 Å². The summed E-state index contributed by atoms with van der Waals surface area (Å²) in [5.74, 6) is -0.868. The minimum atomic E-state index is -1.07. The van der Waals surface area contributed by atoms with Gasteiger partial charge in [0.05, 0.1) is 14.9 Å². The third-order valence-electron chi connectivity index (χ3n) is 5.30. The number of thiophene rings is 1. The SMILES string of the molecule is O=C(CN1C(=O)N[C@@]2(CCc3ccccc32)C1=O)Nc1nc(-c2ccc(Cl)s2)cs1. The number of benzene rings is 1. The molecule has 2 aromatic heterocycles. The normalized spacial score (nSPS) is 20.0. The molecular weight excluding hydrogens is 444 g/mol. The quantitative estimate of drug-likeness (QED) is 0.581. The van der Waals surface area contributed by atoms with Gasteiger partial charge in [-0.1, -0.05) is 35.9 Å². The summed E-state index contributed by atoms with van der Waals surface area (Å²) in [5, 5.41) is 7.70. The zero-order valence-corrected chi connectivity index (χ0v) is 17.9. The Kier molecular flexibility index (Phi) is 4.61. The zero-order valence-electron chi connectivity index (χ0n) is 15.5. The Labute approximate surface area is 184 Å². The summed E-state index contributed by atoms with van der Waals surface area (Å²) in [5.41, 5.74) is 1.50. The van der Waals surface area contributed by atoms with Crippen LogP contribution in [0.4, 0.5) is 9.93 Å². The highest BCUT2D eigenvalue weighted by atomic mass is 35.5. The van der Waals surface area contributed by atoms with Crippen molar-refractivity contribution in [2.45, 2.75) is 18.4 Å². The second-order valence-corrected chi connectivity index (χ2v) is 9.65. The van der Waals surface area contributed by atoms with Crippen LogP contribution in [0.2, 0.25) is 4.34 Å². The first-order chi connectivity index (χ1) is 14.5. The Hall–Kier alpha value is -2.75. The lowest BCUT2D eigenvalue weighted by molar-refractivity contribution is -0.134. The van der Waals surface area contributed by atoms with Crippen LogP contribution in [0.1, 0.15) is 17.5 Å². The number of hydrogen-bond donors (Lipinski definition) is 2. The lowest BCUT2D eigenvalue weighted by Gasteiger charge is -2.22. The topological polar surface area (TPSA) is 91.4 Å². The molecule has 10 heteroatoms. The van der Waals surface area contributed by atoms with Crippen molar-refractivity contribution in [3.63, 3.8) is 0 Å². The van der Waals surface area contributed by atoms with Crippen LogP contribution in [0, 0.1) is 0 Å². The van der Waals surface area contributed by atoms with Crippen molar-refractivity contribution in [1.82, 2.24) is 15.2 Å². The summed E-state index contributed by atoms with van der Waals surface area (Å²) in [6.07, 6.45) is 1.20. The molecule has 3 aromatic rings. The summed E-state index contributed by atoms with van der Waals surface area (Å²) in [7, 11) is 0. The molecule has 0 radical (unpaired) electrons.